The number of hydrogen-bond donors (Lipinski definition) is 3. The molecule has 11 heteroatoms. The minimum absolute atomic E-state index is 0.0396. The molecule has 0 saturated carbocycles. The maximum Gasteiger partial charge on any atom is 0.262 e. The highest BCUT2D eigenvalue weighted by Gasteiger charge is 2.28. The molecule has 170 valence electrons. The number of carbonyl (C=O) groups is 3. The number of halogens is 2. The van der Waals surface area contributed by atoms with Gasteiger partial charge in [-0.05, 0) is 25.0 Å². The molecule has 1 heterocycles. The van der Waals surface area contributed by atoms with Crippen LogP contribution in [0.4, 0.5) is 4.39 Å². The number of amides is 3. The molecule has 1 aliphatic heterocycles. The predicted molar refractivity (Wildman–Crippen MR) is 109 cm³/mol. The van der Waals surface area contributed by atoms with Crippen molar-refractivity contribution >= 4 is 29.3 Å². The van der Waals surface area contributed by atoms with Gasteiger partial charge in [-0.25, -0.2) is 14.2 Å². The highest BCUT2D eigenvalue weighted by molar-refractivity contribution is 6.30. The summed E-state index contributed by atoms with van der Waals surface area (Å²) in [5.41, 5.74) is 0.382. The van der Waals surface area contributed by atoms with Crippen LogP contribution in [-0.4, -0.2) is 49.6 Å². The van der Waals surface area contributed by atoms with Gasteiger partial charge in [-0.1, -0.05) is 18.2 Å². The lowest BCUT2D eigenvalue weighted by Crippen LogP contribution is -2.43. The minimum Gasteiger partial charge on any atom is -0.484 e. The average molecular weight is 458 g/mol. The molecule has 3 amide bonds. The van der Waals surface area contributed by atoms with Crippen LogP contribution in [0, 0.1) is 5.82 Å². The van der Waals surface area contributed by atoms with Crippen LogP contribution < -0.4 is 20.7 Å². The van der Waals surface area contributed by atoms with Gasteiger partial charge in [0.05, 0.1) is 5.02 Å². The summed E-state index contributed by atoms with van der Waals surface area (Å²) in [4.78, 5) is 45.1. The van der Waals surface area contributed by atoms with Gasteiger partial charge in [-0.15, -0.1) is 0 Å². The van der Waals surface area contributed by atoms with E-state index in [2.05, 4.69) is 22.5 Å². The van der Waals surface area contributed by atoms with Crippen LogP contribution in [0.25, 0.3) is 0 Å². The molecule has 0 aliphatic carbocycles. The number of nitrogens with one attached hydrogen (secondary N) is 3. The van der Waals surface area contributed by atoms with Gasteiger partial charge in [0, 0.05) is 38.2 Å². The van der Waals surface area contributed by atoms with E-state index in [9.17, 15) is 18.8 Å². The monoisotopic (exact) mass is 457 g/mol. The van der Waals surface area contributed by atoms with Crippen LogP contribution >= 0.6 is 11.6 Å². The Kier molecular flexibility index (Phi) is 9.70. The highest BCUT2D eigenvalue weighted by Crippen LogP contribution is 2.20. The molecule has 1 aliphatic rings. The Labute approximate surface area is 184 Å². The summed E-state index contributed by atoms with van der Waals surface area (Å²) in [7, 11) is 0. The number of ether oxygens (including phenoxy) is 1. The lowest BCUT2D eigenvalue weighted by molar-refractivity contribution is -0.363. The van der Waals surface area contributed by atoms with E-state index in [4.69, 9.17) is 26.1 Å². The first-order valence-electron chi connectivity index (χ1n) is 9.64. The molecular formula is C20H25ClFN3O6. The molecule has 1 aromatic rings. The molecule has 2 atom stereocenters. The smallest absolute Gasteiger partial charge is 0.262 e. The quantitative estimate of drug-likeness (QED) is 0.460. The second kappa shape index (κ2) is 12.2. The molecule has 0 spiro atoms. The van der Waals surface area contributed by atoms with Crippen LogP contribution in [-0.2, 0) is 24.2 Å². The summed E-state index contributed by atoms with van der Waals surface area (Å²) >= 11 is 5.58. The van der Waals surface area contributed by atoms with E-state index in [1.807, 2.05) is 0 Å². The summed E-state index contributed by atoms with van der Waals surface area (Å²) in [6.07, 6.45) is 0.278. The zero-order valence-corrected chi connectivity index (χ0v) is 17.8. The topological polar surface area (TPSA) is 115 Å². The van der Waals surface area contributed by atoms with E-state index in [1.165, 1.54) is 19.1 Å². The Bertz CT molecular complexity index is 814. The lowest BCUT2D eigenvalue weighted by Gasteiger charge is -2.27. The van der Waals surface area contributed by atoms with Crippen molar-refractivity contribution in [3.8, 4) is 5.75 Å². The molecule has 2 rings (SSSR count). The van der Waals surface area contributed by atoms with Crippen molar-refractivity contribution in [3.63, 3.8) is 0 Å². The molecule has 1 aromatic carbocycles. The third kappa shape index (κ3) is 8.91. The lowest BCUT2D eigenvalue weighted by atomic mass is 10.1. The summed E-state index contributed by atoms with van der Waals surface area (Å²) in [6, 6.07) is 3.86. The van der Waals surface area contributed by atoms with Gasteiger partial charge in [0.25, 0.3) is 11.8 Å². The number of benzene rings is 1. The van der Waals surface area contributed by atoms with Crippen LogP contribution in [0.5, 0.6) is 5.75 Å². The Morgan fingerprint density at radius 1 is 1.26 bits per heavy atom. The first-order chi connectivity index (χ1) is 14.7. The number of rotatable bonds is 10. The highest BCUT2D eigenvalue weighted by atomic mass is 35.5. The number of hydrogen-bond acceptors (Lipinski definition) is 6. The van der Waals surface area contributed by atoms with Gasteiger partial charge in [0.1, 0.15) is 17.7 Å². The maximum absolute atomic E-state index is 13.3. The van der Waals surface area contributed by atoms with E-state index in [-0.39, 0.29) is 41.8 Å². The van der Waals surface area contributed by atoms with Gasteiger partial charge in [0.15, 0.2) is 12.7 Å². The van der Waals surface area contributed by atoms with Crippen molar-refractivity contribution in [2.24, 2.45) is 0 Å². The Morgan fingerprint density at radius 2 is 2.03 bits per heavy atom. The van der Waals surface area contributed by atoms with Crippen LogP contribution in [0.2, 0.25) is 5.02 Å². The van der Waals surface area contributed by atoms with Gasteiger partial charge in [0.2, 0.25) is 5.91 Å². The summed E-state index contributed by atoms with van der Waals surface area (Å²) < 4.78 is 18.5. The SMILES string of the molecule is C=C(CCNC(=O)C1CCC(CNC(C)=O)OO1)NC(=O)COc1ccc(Cl)c(F)c1. The van der Waals surface area contributed by atoms with Gasteiger partial charge in [-0.3, -0.25) is 14.4 Å². The zero-order chi connectivity index (χ0) is 22.8. The molecule has 3 N–H and O–H groups in total. The molecule has 0 bridgehead atoms. The minimum atomic E-state index is -0.746. The molecule has 1 fully saturated rings. The zero-order valence-electron chi connectivity index (χ0n) is 17.0. The Morgan fingerprint density at radius 3 is 2.68 bits per heavy atom. The fourth-order valence-corrected chi connectivity index (χ4v) is 2.73. The molecule has 0 aromatic heterocycles. The van der Waals surface area contributed by atoms with E-state index in [0.717, 1.165) is 6.07 Å². The first-order valence-corrected chi connectivity index (χ1v) is 10.0. The maximum atomic E-state index is 13.3. The van der Waals surface area contributed by atoms with E-state index >= 15 is 0 Å². The van der Waals surface area contributed by atoms with Crippen molar-refractivity contribution in [2.45, 2.75) is 38.4 Å². The fraction of sp³-hybridized carbons (Fsp3) is 0.450. The third-order valence-corrected chi connectivity index (χ3v) is 4.54. The van der Waals surface area contributed by atoms with E-state index < -0.39 is 17.8 Å². The van der Waals surface area contributed by atoms with Gasteiger partial charge < -0.3 is 20.7 Å². The summed E-state index contributed by atoms with van der Waals surface area (Å²) in [5, 5.41) is 7.80. The van der Waals surface area contributed by atoms with Crippen LogP contribution in [0.15, 0.2) is 30.5 Å². The van der Waals surface area contributed by atoms with Crippen molar-refractivity contribution in [1.29, 1.82) is 0 Å². The second-order valence-corrected chi connectivity index (χ2v) is 7.28. The Hall–Kier alpha value is -2.69. The summed E-state index contributed by atoms with van der Waals surface area (Å²) in [5.74, 6) is -1.45. The second-order valence-electron chi connectivity index (χ2n) is 6.87. The third-order valence-electron chi connectivity index (χ3n) is 4.23. The van der Waals surface area contributed by atoms with Crippen LogP contribution in [0.1, 0.15) is 26.2 Å². The van der Waals surface area contributed by atoms with Crippen LogP contribution in [0.3, 0.4) is 0 Å². The molecule has 31 heavy (non-hydrogen) atoms. The van der Waals surface area contributed by atoms with Crippen molar-refractivity contribution in [1.82, 2.24) is 16.0 Å². The summed E-state index contributed by atoms with van der Waals surface area (Å²) in [6.45, 7) is 5.35. The molecule has 9 nitrogen and oxygen atoms in total. The predicted octanol–water partition coefficient (Wildman–Crippen LogP) is 1.61. The van der Waals surface area contributed by atoms with E-state index in [0.29, 0.717) is 31.5 Å². The molecular weight excluding hydrogens is 433 g/mol. The van der Waals surface area contributed by atoms with E-state index in [1.54, 1.807) is 0 Å². The number of carbonyl (C=O) groups excluding carboxylic acids is 3. The average Bonchev–Trinajstić information content (AvgIpc) is 2.73. The normalized spacial score (nSPS) is 18.0. The molecule has 2 unspecified atom stereocenters. The van der Waals surface area contributed by atoms with Gasteiger partial charge in [-0.2, -0.15) is 0 Å². The van der Waals surface area contributed by atoms with Gasteiger partial charge >= 0.3 is 0 Å². The molecule has 1 saturated heterocycles. The standard InChI is InChI=1S/C20H25ClFN3O6/c1-12(25-19(27)11-29-14-3-5-16(21)17(22)9-14)7-8-23-20(28)18-6-4-15(30-31-18)10-24-13(2)26/h3,5,9,15,18H,1,4,6-8,10-11H2,2H3,(H,23,28)(H,24,26)(H,25,27). The fourth-order valence-electron chi connectivity index (χ4n) is 2.61. The Balaban J connectivity index is 1.59. The molecule has 0 radical (unpaired) electrons. The first kappa shape index (κ1) is 24.6. The van der Waals surface area contributed by atoms with Crippen molar-refractivity contribution in [3.05, 3.63) is 41.3 Å². The largest absolute Gasteiger partial charge is 0.484 e. The van der Waals surface area contributed by atoms with Crippen molar-refractivity contribution in [2.75, 3.05) is 19.7 Å². The van der Waals surface area contributed by atoms with Crippen molar-refractivity contribution < 1.29 is 33.3 Å².